The molecule has 1 aliphatic heterocycles. The second-order valence-corrected chi connectivity index (χ2v) is 6.92. The van der Waals surface area contributed by atoms with Crippen LogP contribution in [-0.4, -0.2) is 47.8 Å². The first-order chi connectivity index (χ1) is 12.5. The van der Waals surface area contributed by atoms with Crippen molar-refractivity contribution in [1.29, 1.82) is 0 Å². The van der Waals surface area contributed by atoms with Crippen LogP contribution in [-0.2, 0) is 11.2 Å². The molecule has 2 N–H and O–H groups in total. The number of nitrogen functional groups attached to an aromatic ring is 1. The third kappa shape index (κ3) is 4.93. The summed E-state index contributed by atoms with van der Waals surface area (Å²) in [7, 11) is 0. The number of rotatable bonds is 3. The lowest BCUT2D eigenvalue weighted by Crippen LogP contribution is -2.51. The maximum absolute atomic E-state index is 12.7. The van der Waals surface area contributed by atoms with Gasteiger partial charge in [0.15, 0.2) is 0 Å². The molecule has 5 nitrogen and oxygen atoms in total. The number of hydrogen-bond donors (Lipinski definition) is 1. The summed E-state index contributed by atoms with van der Waals surface area (Å²) in [5.74, 6) is -0.00154. The maximum atomic E-state index is 12.7. The summed E-state index contributed by atoms with van der Waals surface area (Å²) >= 11 is 6.13. The molecular weight excluding hydrogens is 385 g/mol. The Balaban J connectivity index is 0.00000261. The Kier molecular flexibility index (Phi) is 7.11. The number of nitrogens with zero attached hydrogens (tertiary/aromatic N) is 2. The molecule has 0 radical (unpaired) electrons. The van der Waals surface area contributed by atoms with E-state index in [1.807, 2.05) is 31.2 Å². The molecule has 1 saturated heterocycles. The van der Waals surface area contributed by atoms with Gasteiger partial charge in [0.05, 0.1) is 6.42 Å². The average Bonchev–Trinajstić information content (AvgIpc) is 2.65. The molecule has 144 valence electrons. The van der Waals surface area contributed by atoms with Gasteiger partial charge in [0.25, 0.3) is 5.91 Å². The van der Waals surface area contributed by atoms with Gasteiger partial charge >= 0.3 is 0 Å². The molecule has 1 fully saturated rings. The normalized spacial score (nSPS) is 13.9. The second kappa shape index (κ2) is 9.11. The third-order valence-electron chi connectivity index (χ3n) is 4.71. The van der Waals surface area contributed by atoms with Gasteiger partial charge in [-0.1, -0.05) is 35.9 Å². The highest BCUT2D eigenvalue weighted by atomic mass is 35.5. The van der Waals surface area contributed by atoms with Gasteiger partial charge in [-0.15, -0.1) is 12.4 Å². The van der Waals surface area contributed by atoms with E-state index in [0.29, 0.717) is 42.5 Å². The molecule has 3 rings (SSSR count). The highest BCUT2D eigenvalue weighted by Crippen LogP contribution is 2.18. The molecule has 7 heteroatoms. The van der Waals surface area contributed by atoms with Gasteiger partial charge in [0, 0.05) is 42.5 Å². The van der Waals surface area contributed by atoms with Crippen molar-refractivity contribution in [2.24, 2.45) is 0 Å². The van der Waals surface area contributed by atoms with Crippen LogP contribution in [0.4, 0.5) is 5.69 Å². The first-order valence-electron chi connectivity index (χ1n) is 8.62. The minimum absolute atomic E-state index is 0. The number of nitrogens with two attached hydrogens (primary N) is 1. The van der Waals surface area contributed by atoms with Crippen molar-refractivity contribution >= 4 is 41.5 Å². The minimum atomic E-state index is -0.0343. The Morgan fingerprint density at radius 3 is 2.33 bits per heavy atom. The summed E-state index contributed by atoms with van der Waals surface area (Å²) < 4.78 is 0. The number of carbonyl (C=O) groups is 2. The molecule has 2 aromatic carbocycles. The summed E-state index contributed by atoms with van der Waals surface area (Å²) in [6, 6.07) is 12.7. The van der Waals surface area contributed by atoms with E-state index in [0.717, 1.165) is 11.1 Å². The summed E-state index contributed by atoms with van der Waals surface area (Å²) in [6.07, 6.45) is 0.280. The molecule has 2 aromatic rings. The van der Waals surface area contributed by atoms with Gasteiger partial charge in [-0.3, -0.25) is 9.59 Å². The predicted octanol–water partition coefficient (Wildman–Crippen LogP) is 3.18. The first kappa shape index (κ1) is 21.1. The van der Waals surface area contributed by atoms with Crippen molar-refractivity contribution in [3.8, 4) is 0 Å². The fourth-order valence-corrected chi connectivity index (χ4v) is 3.32. The first-order valence-corrected chi connectivity index (χ1v) is 9.00. The molecule has 27 heavy (non-hydrogen) atoms. The standard InChI is InChI=1S/C20H22ClN3O2.ClH/c1-14-6-7-16(22)13-17(14)20(26)24-10-8-23(9-11-24)19(25)12-15-4-2-3-5-18(15)21;/h2-7,13H,8-12,22H2,1H3;1H. The van der Waals surface area contributed by atoms with Crippen LogP contribution in [0, 0.1) is 6.92 Å². The highest BCUT2D eigenvalue weighted by Gasteiger charge is 2.25. The van der Waals surface area contributed by atoms with Crippen LogP contribution in [0.2, 0.25) is 5.02 Å². The minimum Gasteiger partial charge on any atom is -0.399 e. The van der Waals surface area contributed by atoms with Crippen LogP contribution in [0.1, 0.15) is 21.5 Å². The van der Waals surface area contributed by atoms with Crippen molar-refractivity contribution in [3.05, 3.63) is 64.2 Å². The summed E-state index contributed by atoms with van der Waals surface area (Å²) in [6.45, 7) is 3.98. The Hall–Kier alpha value is -2.24. The van der Waals surface area contributed by atoms with Crippen molar-refractivity contribution in [2.75, 3.05) is 31.9 Å². The quantitative estimate of drug-likeness (QED) is 0.794. The Morgan fingerprint density at radius 1 is 1.04 bits per heavy atom. The van der Waals surface area contributed by atoms with Gasteiger partial charge in [-0.25, -0.2) is 0 Å². The molecule has 0 atom stereocenters. The van der Waals surface area contributed by atoms with Gasteiger partial charge in [0.2, 0.25) is 5.91 Å². The topological polar surface area (TPSA) is 66.6 Å². The predicted molar refractivity (Wildman–Crippen MR) is 110 cm³/mol. The zero-order valence-corrected chi connectivity index (χ0v) is 16.7. The van der Waals surface area contributed by atoms with Gasteiger partial charge in [-0.2, -0.15) is 0 Å². The number of aryl methyl sites for hydroxylation is 1. The largest absolute Gasteiger partial charge is 0.399 e. The van der Waals surface area contributed by atoms with E-state index in [2.05, 4.69) is 0 Å². The van der Waals surface area contributed by atoms with Crippen LogP contribution in [0.15, 0.2) is 42.5 Å². The van der Waals surface area contributed by atoms with Crippen LogP contribution in [0.5, 0.6) is 0 Å². The van der Waals surface area contributed by atoms with Crippen molar-refractivity contribution < 1.29 is 9.59 Å². The number of anilines is 1. The van der Waals surface area contributed by atoms with E-state index in [4.69, 9.17) is 17.3 Å². The number of hydrogen-bond acceptors (Lipinski definition) is 3. The van der Waals surface area contributed by atoms with E-state index >= 15 is 0 Å². The summed E-state index contributed by atoms with van der Waals surface area (Å²) in [5.41, 5.74) is 8.74. The highest BCUT2D eigenvalue weighted by molar-refractivity contribution is 6.31. The molecule has 0 aromatic heterocycles. The van der Waals surface area contributed by atoms with Crippen LogP contribution < -0.4 is 5.73 Å². The molecule has 0 saturated carbocycles. The van der Waals surface area contributed by atoms with E-state index < -0.39 is 0 Å². The van der Waals surface area contributed by atoms with E-state index in [9.17, 15) is 9.59 Å². The van der Waals surface area contributed by atoms with Crippen molar-refractivity contribution in [2.45, 2.75) is 13.3 Å². The van der Waals surface area contributed by atoms with Crippen LogP contribution in [0.25, 0.3) is 0 Å². The zero-order valence-electron chi connectivity index (χ0n) is 15.2. The zero-order chi connectivity index (χ0) is 18.7. The summed E-state index contributed by atoms with van der Waals surface area (Å²) in [5, 5.41) is 0.604. The number of piperazine rings is 1. The molecule has 2 amide bonds. The number of carbonyl (C=O) groups excluding carboxylic acids is 2. The van der Waals surface area contributed by atoms with Crippen LogP contribution >= 0.6 is 24.0 Å². The van der Waals surface area contributed by atoms with Gasteiger partial charge in [-0.05, 0) is 36.2 Å². The van der Waals surface area contributed by atoms with Crippen molar-refractivity contribution in [3.63, 3.8) is 0 Å². The Morgan fingerprint density at radius 2 is 1.67 bits per heavy atom. The monoisotopic (exact) mass is 407 g/mol. The fraction of sp³-hybridized carbons (Fsp3) is 0.300. The summed E-state index contributed by atoms with van der Waals surface area (Å²) in [4.78, 5) is 28.8. The number of benzene rings is 2. The Bertz CT molecular complexity index is 834. The van der Waals surface area contributed by atoms with Crippen molar-refractivity contribution in [1.82, 2.24) is 9.80 Å². The molecule has 1 aliphatic rings. The van der Waals surface area contributed by atoms with E-state index in [1.165, 1.54) is 0 Å². The number of halogens is 2. The van der Waals surface area contributed by atoms with Gasteiger partial charge in [0.1, 0.15) is 0 Å². The van der Waals surface area contributed by atoms with Crippen LogP contribution in [0.3, 0.4) is 0 Å². The fourth-order valence-electron chi connectivity index (χ4n) is 3.12. The molecule has 0 aliphatic carbocycles. The Labute approximate surface area is 170 Å². The second-order valence-electron chi connectivity index (χ2n) is 6.52. The molecular formula is C20H23Cl2N3O2. The number of amides is 2. The molecule has 0 unspecified atom stereocenters. The van der Waals surface area contributed by atoms with E-state index in [1.54, 1.807) is 28.0 Å². The van der Waals surface area contributed by atoms with E-state index in [-0.39, 0.29) is 30.6 Å². The van der Waals surface area contributed by atoms with Gasteiger partial charge < -0.3 is 15.5 Å². The molecule has 0 bridgehead atoms. The average molecular weight is 408 g/mol. The SMILES string of the molecule is Cc1ccc(N)cc1C(=O)N1CCN(C(=O)Cc2ccccc2Cl)CC1.Cl. The maximum Gasteiger partial charge on any atom is 0.254 e. The molecule has 1 heterocycles. The molecule has 0 spiro atoms. The smallest absolute Gasteiger partial charge is 0.254 e. The lowest BCUT2D eigenvalue weighted by Gasteiger charge is -2.35. The lowest BCUT2D eigenvalue weighted by atomic mass is 10.1. The third-order valence-corrected chi connectivity index (χ3v) is 5.08. The lowest BCUT2D eigenvalue weighted by molar-refractivity contribution is -0.131.